The van der Waals surface area contributed by atoms with Gasteiger partial charge in [-0.3, -0.25) is 4.79 Å². The van der Waals surface area contributed by atoms with E-state index in [1.54, 1.807) is 0 Å². The van der Waals surface area contributed by atoms with Crippen molar-refractivity contribution in [1.82, 2.24) is 25.0 Å². The lowest BCUT2D eigenvalue weighted by Crippen LogP contribution is -2.39. The first-order valence-corrected chi connectivity index (χ1v) is 9.25. The zero-order chi connectivity index (χ0) is 17.1. The Kier molecular flexibility index (Phi) is 6.27. The van der Waals surface area contributed by atoms with E-state index in [1.807, 2.05) is 23.1 Å². The number of aromatic nitrogens is 3. The summed E-state index contributed by atoms with van der Waals surface area (Å²) >= 11 is 0. The van der Waals surface area contributed by atoms with E-state index >= 15 is 0 Å². The third kappa shape index (κ3) is 4.07. The fourth-order valence-corrected chi connectivity index (χ4v) is 3.86. The molecule has 0 aliphatic carbocycles. The van der Waals surface area contributed by atoms with E-state index in [4.69, 9.17) is 0 Å². The minimum atomic E-state index is 0. The van der Waals surface area contributed by atoms with Crippen LogP contribution < -0.4 is 5.32 Å². The summed E-state index contributed by atoms with van der Waals surface area (Å²) in [5.41, 5.74) is 1.23. The summed E-state index contributed by atoms with van der Waals surface area (Å²) in [6.45, 7) is 4.41. The number of hydrogen-bond acceptors (Lipinski definition) is 4. The van der Waals surface area contributed by atoms with E-state index < -0.39 is 0 Å². The molecule has 3 heterocycles. The van der Waals surface area contributed by atoms with Crippen LogP contribution in [-0.2, 0) is 24.3 Å². The molecule has 1 fully saturated rings. The number of likely N-dealkylation sites (tertiary alicyclic amines) is 1. The quantitative estimate of drug-likeness (QED) is 0.889. The van der Waals surface area contributed by atoms with Crippen LogP contribution in [0.5, 0.6) is 0 Å². The van der Waals surface area contributed by atoms with E-state index in [0.717, 1.165) is 63.6 Å². The van der Waals surface area contributed by atoms with Crippen LogP contribution in [0.2, 0.25) is 0 Å². The molecule has 1 saturated heterocycles. The summed E-state index contributed by atoms with van der Waals surface area (Å²) in [4.78, 5) is 14.5. The number of rotatable bonds is 4. The monoisotopic (exact) mass is 375 g/mol. The van der Waals surface area contributed by atoms with Gasteiger partial charge in [0.05, 0.1) is 6.54 Å². The number of carbonyl (C=O) groups is 1. The van der Waals surface area contributed by atoms with Gasteiger partial charge in [0.15, 0.2) is 0 Å². The van der Waals surface area contributed by atoms with Crippen molar-refractivity contribution in [2.75, 3.05) is 19.6 Å². The Morgan fingerprint density at radius 2 is 1.88 bits per heavy atom. The molecule has 1 aromatic carbocycles. The normalized spacial score (nSPS) is 17.5. The number of nitrogens with one attached hydrogen (secondary N) is 1. The molecule has 2 aliphatic rings. The standard InChI is InChI=1S/C19H25N5O.ClH/c25-18(7-6-15-4-2-1-3-5-15)23-11-8-16(9-12-23)19-22-21-17-14-20-10-13-24(17)19;/h1-5,16,20H,6-14H2;1H. The molecule has 1 aromatic heterocycles. The van der Waals surface area contributed by atoms with Crippen molar-refractivity contribution in [2.45, 2.75) is 44.7 Å². The highest BCUT2D eigenvalue weighted by Gasteiger charge is 2.28. The van der Waals surface area contributed by atoms with Crippen LogP contribution in [0.4, 0.5) is 0 Å². The summed E-state index contributed by atoms with van der Waals surface area (Å²) in [5, 5.41) is 12.1. The number of aryl methyl sites for hydroxylation is 1. The van der Waals surface area contributed by atoms with E-state index in [9.17, 15) is 4.79 Å². The van der Waals surface area contributed by atoms with E-state index in [0.29, 0.717) is 12.3 Å². The maximum Gasteiger partial charge on any atom is 0.222 e. The Hall–Kier alpha value is -1.92. The van der Waals surface area contributed by atoms with E-state index in [-0.39, 0.29) is 18.3 Å². The third-order valence-electron chi connectivity index (χ3n) is 5.33. The number of carbonyl (C=O) groups excluding carboxylic acids is 1. The Morgan fingerprint density at radius 3 is 2.65 bits per heavy atom. The number of benzene rings is 1. The minimum absolute atomic E-state index is 0. The maximum atomic E-state index is 12.5. The summed E-state index contributed by atoms with van der Waals surface area (Å²) in [7, 11) is 0. The van der Waals surface area contributed by atoms with Gasteiger partial charge in [-0.1, -0.05) is 30.3 Å². The Balaban J connectivity index is 0.00000196. The van der Waals surface area contributed by atoms with Crippen molar-refractivity contribution in [3.05, 3.63) is 47.5 Å². The minimum Gasteiger partial charge on any atom is -0.343 e. The van der Waals surface area contributed by atoms with Gasteiger partial charge >= 0.3 is 0 Å². The third-order valence-corrected chi connectivity index (χ3v) is 5.33. The highest BCUT2D eigenvalue weighted by Crippen LogP contribution is 2.28. The van der Waals surface area contributed by atoms with Crippen LogP contribution in [0.3, 0.4) is 0 Å². The molecule has 1 amide bonds. The average molecular weight is 376 g/mol. The van der Waals surface area contributed by atoms with Crippen LogP contribution >= 0.6 is 12.4 Å². The molecule has 2 aliphatic heterocycles. The lowest BCUT2D eigenvalue weighted by molar-refractivity contribution is -0.132. The molecule has 4 rings (SSSR count). The van der Waals surface area contributed by atoms with Crippen molar-refractivity contribution < 1.29 is 4.79 Å². The molecular formula is C19H26ClN5O. The first-order chi connectivity index (χ1) is 12.3. The van der Waals surface area contributed by atoms with Crippen LogP contribution in [0, 0.1) is 0 Å². The van der Waals surface area contributed by atoms with Gasteiger partial charge in [0, 0.05) is 38.5 Å². The first-order valence-electron chi connectivity index (χ1n) is 9.25. The molecule has 26 heavy (non-hydrogen) atoms. The molecule has 6 nitrogen and oxygen atoms in total. The second kappa shape index (κ2) is 8.64. The molecule has 0 radical (unpaired) electrons. The van der Waals surface area contributed by atoms with Gasteiger partial charge in [0.1, 0.15) is 11.6 Å². The van der Waals surface area contributed by atoms with Gasteiger partial charge in [-0.05, 0) is 24.8 Å². The number of nitrogens with zero attached hydrogens (tertiary/aromatic N) is 4. The highest BCUT2D eigenvalue weighted by atomic mass is 35.5. The molecule has 0 saturated carbocycles. The van der Waals surface area contributed by atoms with Crippen LogP contribution in [0.25, 0.3) is 0 Å². The molecule has 1 N–H and O–H groups in total. The van der Waals surface area contributed by atoms with Crippen molar-refractivity contribution in [3.8, 4) is 0 Å². The molecule has 2 aromatic rings. The summed E-state index contributed by atoms with van der Waals surface area (Å²) in [6, 6.07) is 10.2. The largest absolute Gasteiger partial charge is 0.343 e. The number of amides is 1. The predicted octanol–water partition coefficient (Wildman–Crippen LogP) is 2.14. The second-order valence-electron chi connectivity index (χ2n) is 6.94. The molecule has 0 atom stereocenters. The van der Waals surface area contributed by atoms with Crippen molar-refractivity contribution >= 4 is 18.3 Å². The van der Waals surface area contributed by atoms with Crippen molar-refractivity contribution in [3.63, 3.8) is 0 Å². The fourth-order valence-electron chi connectivity index (χ4n) is 3.86. The molecule has 0 unspecified atom stereocenters. The lowest BCUT2D eigenvalue weighted by Gasteiger charge is -2.32. The Labute approximate surface area is 160 Å². The Morgan fingerprint density at radius 1 is 1.12 bits per heavy atom. The summed E-state index contributed by atoms with van der Waals surface area (Å²) in [6.07, 6.45) is 3.40. The molecule has 7 heteroatoms. The number of hydrogen-bond donors (Lipinski definition) is 1. The SMILES string of the molecule is Cl.O=C(CCc1ccccc1)N1CCC(c2nnc3n2CCNC3)CC1. The van der Waals surface area contributed by atoms with Crippen molar-refractivity contribution in [1.29, 1.82) is 0 Å². The maximum absolute atomic E-state index is 12.5. The lowest BCUT2D eigenvalue weighted by atomic mass is 9.95. The van der Waals surface area contributed by atoms with Gasteiger partial charge in [0.25, 0.3) is 0 Å². The molecular weight excluding hydrogens is 350 g/mol. The van der Waals surface area contributed by atoms with Gasteiger partial charge in [0.2, 0.25) is 5.91 Å². The highest BCUT2D eigenvalue weighted by molar-refractivity contribution is 5.85. The first kappa shape index (κ1) is 18.9. The summed E-state index contributed by atoms with van der Waals surface area (Å²) < 4.78 is 2.27. The van der Waals surface area contributed by atoms with E-state index in [1.165, 1.54) is 5.56 Å². The Bertz CT molecular complexity index is 725. The molecule has 0 bridgehead atoms. The number of halogens is 1. The van der Waals surface area contributed by atoms with Crippen LogP contribution in [0.15, 0.2) is 30.3 Å². The zero-order valence-corrected chi connectivity index (χ0v) is 15.7. The zero-order valence-electron chi connectivity index (χ0n) is 14.9. The van der Waals surface area contributed by atoms with Crippen LogP contribution in [-0.4, -0.2) is 45.2 Å². The van der Waals surface area contributed by atoms with Gasteiger partial charge in [-0.15, -0.1) is 22.6 Å². The van der Waals surface area contributed by atoms with Gasteiger partial charge in [-0.25, -0.2) is 0 Å². The smallest absolute Gasteiger partial charge is 0.222 e. The van der Waals surface area contributed by atoms with Gasteiger partial charge < -0.3 is 14.8 Å². The van der Waals surface area contributed by atoms with Crippen LogP contribution in [0.1, 0.15) is 42.4 Å². The average Bonchev–Trinajstić information content (AvgIpc) is 3.11. The van der Waals surface area contributed by atoms with E-state index in [2.05, 4.69) is 32.2 Å². The number of fused-ring (bicyclic) bond motifs is 1. The summed E-state index contributed by atoms with van der Waals surface area (Å²) in [5.74, 6) is 2.86. The molecule has 0 spiro atoms. The fraction of sp³-hybridized carbons (Fsp3) is 0.526. The molecule has 140 valence electrons. The second-order valence-corrected chi connectivity index (χ2v) is 6.94. The predicted molar refractivity (Wildman–Crippen MR) is 102 cm³/mol. The number of piperidine rings is 1. The topological polar surface area (TPSA) is 63.1 Å². The van der Waals surface area contributed by atoms with Gasteiger partial charge in [-0.2, -0.15) is 0 Å². The van der Waals surface area contributed by atoms with Crippen molar-refractivity contribution in [2.24, 2.45) is 0 Å².